The molecule has 2 N–H and O–H groups in total. The van der Waals surface area contributed by atoms with Crippen LogP contribution in [0.2, 0.25) is 0 Å². The Balaban J connectivity index is 1.79. The van der Waals surface area contributed by atoms with Crippen molar-refractivity contribution in [2.45, 2.75) is 192 Å². The van der Waals surface area contributed by atoms with Gasteiger partial charge in [-0.05, 0) is 122 Å². The molecule has 0 aromatic carbocycles. The summed E-state index contributed by atoms with van der Waals surface area (Å²) < 4.78 is 57.3. The predicted molar refractivity (Wildman–Crippen MR) is 224 cm³/mol. The van der Waals surface area contributed by atoms with E-state index in [2.05, 4.69) is 9.80 Å². The van der Waals surface area contributed by atoms with Gasteiger partial charge in [0.15, 0.2) is 24.3 Å². The Morgan fingerprint density at radius 2 is 1.60 bits per heavy atom. The van der Waals surface area contributed by atoms with E-state index in [-0.39, 0.29) is 36.9 Å². The lowest BCUT2D eigenvalue weighted by molar-refractivity contribution is -0.320. The van der Waals surface area contributed by atoms with Crippen LogP contribution in [0.25, 0.3) is 0 Å². The molecule has 18 atom stereocenters. The first-order valence-corrected chi connectivity index (χ1v) is 22.2. The van der Waals surface area contributed by atoms with Crippen LogP contribution in [0.4, 0.5) is 4.79 Å². The van der Waals surface area contributed by atoms with Gasteiger partial charge in [-0.2, -0.15) is 0 Å². The summed E-state index contributed by atoms with van der Waals surface area (Å²) in [6, 6.07) is -0.607. The quantitative estimate of drug-likeness (QED) is 0.213. The lowest BCUT2D eigenvalue weighted by atomic mass is 9.77. The third-order valence-corrected chi connectivity index (χ3v) is 13.7. The number of aliphatic hydroxyl groups is 2. The molecule has 16 heteroatoms. The van der Waals surface area contributed by atoms with Crippen molar-refractivity contribution in [1.29, 1.82) is 0 Å². The van der Waals surface area contributed by atoms with Gasteiger partial charge in [-0.1, -0.05) is 20.8 Å². The van der Waals surface area contributed by atoms with E-state index in [9.17, 15) is 19.8 Å². The summed E-state index contributed by atoms with van der Waals surface area (Å²) in [5.41, 5.74) is -3.65. The summed E-state index contributed by atoms with van der Waals surface area (Å²) in [5.74, 6) is -2.38. The summed E-state index contributed by atoms with van der Waals surface area (Å²) in [6.45, 7) is 20.7. The largest absolute Gasteiger partial charge is 0.509 e. The number of rotatable bonds is 12. The average molecular weight is 860 g/mol. The van der Waals surface area contributed by atoms with Gasteiger partial charge in [-0.25, -0.2) is 4.79 Å². The number of methoxy groups -OCH3 is 1. The van der Waals surface area contributed by atoms with E-state index in [4.69, 9.17) is 42.6 Å². The fourth-order valence-electron chi connectivity index (χ4n) is 10.2. The Morgan fingerprint density at radius 1 is 0.933 bits per heavy atom. The molecule has 0 aliphatic carbocycles. The molecule has 0 aromatic rings. The number of fused-ring (bicyclic) bond motifs is 1. The number of ether oxygens (including phenoxy) is 9. The van der Waals surface area contributed by atoms with Gasteiger partial charge in [-0.15, -0.1) is 0 Å². The summed E-state index contributed by atoms with van der Waals surface area (Å²) in [6.07, 6.45) is -6.21. The first kappa shape index (κ1) is 50.9. The predicted octanol–water partition coefficient (Wildman–Crippen LogP) is 4.06. The molecule has 4 saturated heterocycles. The number of cyclic esters (lactones) is 1. The summed E-state index contributed by atoms with van der Waals surface area (Å²) in [5, 5.41) is 24.4. The Bertz CT molecular complexity index is 1390. The summed E-state index contributed by atoms with van der Waals surface area (Å²) in [7, 11) is 11.4. The van der Waals surface area contributed by atoms with E-state index >= 15 is 0 Å². The molecular weight excluding hydrogens is 778 g/mol. The second-order valence-corrected chi connectivity index (χ2v) is 19.6. The van der Waals surface area contributed by atoms with Crippen molar-refractivity contribution >= 4 is 12.1 Å². The third kappa shape index (κ3) is 11.7. The molecule has 4 heterocycles. The fraction of sp³-hybridized carbons (Fsp3) is 0.955. The van der Waals surface area contributed by atoms with Crippen LogP contribution in [0.1, 0.15) is 101 Å². The lowest BCUT2D eigenvalue weighted by Crippen LogP contribution is -2.61. The second-order valence-electron chi connectivity index (χ2n) is 19.6. The molecule has 350 valence electrons. The van der Waals surface area contributed by atoms with Crippen LogP contribution >= 0.6 is 0 Å². The van der Waals surface area contributed by atoms with Crippen LogP contribution in [0.3, 0.4) is 0 Å². The van der Waals surface area contributed by atoms with Gasteiger partial charge in [0, 0.05) is 44.7 Å². The third-order valence-electron chi connectivity index (χ3n) is 13.7. The first-order valence-electron chi connectivity index (χ1n) is 22.2. The van der Waals surface area contributed by atoms with E-state index in [1.54, 1.807) is 27.9 Å². The van der Waals surface area contributed by atoms with E-state index in [0.29, 0.717) is 26.0 Å². The molecule has 0 unspecified atom stereocenters. The Kier molecular flexibility index (Phi) is 17.7. The molecule has 0 spiro atoms. The highest BCUT2D eigenvalue weighted by atomic mass is 16.8. The zero-order valence-electron chi connectivity index (χ0n) is 39.5. The van der Waals surface area contributed by atoms with E-state index in [1.807, 2.05) is 88.6 Å². The highest BCUT2D eigenvalue weighted by Gasteiger charge is 2.58. The smallest absolute Gasteiger partial charge is 0.458 e. The van der Waals surface area contributed by atoms with Crippen molar-refractivity contribution in [3.63, 3.8) is 0 Å². The number of hydrogen-bond donors (Lipinski definition) is 2. The van der Waals surface area contributed by atoms with Crippen molar-refractivity contribution < 1.29 is 62.4 Å². The molecule has 0 aromatic heterocycles. The SMILES string of the molecule is CC[C@H]1OC(=O)[C@H](C)[C@@H](O[C@H]2C[C@@](C)(OC)[C@@H](OCCCN(C)C)[C@H](C)O2)[C@H](C)[C@@H](O[C@@H]2O[C@H](C)C[C@H](N(C)C)[C@H]2O)[C@](C)(O)C[C@@H](C)CN(C)[C@H](C)[C@H]2OC(=O)O[C@@]21C. The van der Waals surface area contributed by atoms with Gasteiger partial charge >= 0.3 is 12.1 Å². The minimum absolute atomic E-state index is 0.109. The molecule has 4 aliphatic heterocycles. The van der Waals surface area contributed by atoms with Crippen molar-refractivity contribution in [1.82, 2.24) is 14.7 Å². The maximum absolute atomic E-state index is 14.6. The number of nitrogens with zero attached hydrogens (tertiary/aromatic N) is 3. The minimum Gasteiger partial charge on any atom is -0.458 e. The molecule has 16 nitrogen and oxygen atoms in total. The fourth-order valence-corrected chi connectivity index (χ4v) is 10.2. The Morgan fingerprint density at radius 3 is 2.20 bits per heavy atom. The summed E-state index contributed by atoms with van der Waals surface area (Å²) >= 11 is 0. The van der Waals surface area contributed by atoms with Crippen LogP contribution in [0.5, 0.6) is 0 Å². The van der Waals surface area contributed by atoms with Gasteiger partial charge in [0.1, 0.15) is 18.3 Å². The maximum Gasteiger partial charge on any atom is 0.509 e. The van der Waals surface area contributed by atoms with Crippen LogP contribution in [-0.2, 0) is 47.4 Å². The van der Waals surface area contributed by atoms with Crippen LogP contribution in [-0.4, -0.2) is 189 Å². The topological polar surface area (TPSA) is 167 Å². The lowest BCUT2D eigenvalue weighted by Gasteiger charge is -2.49. The average Bonchev–Trinajstić information content (AvgIpc) is 3.47. The van der Waals surface area contributed by atoms with Crippen molar-refractivity contribution in [3.05, 3.63) is 0 Å². The van der Waals surface area contributed by atoms with Crippen molar-refractivity contribution in [2.75, 3.05) is 62.0 Å². The highest BCUT2D eigenvalue weighted by Crippen LogP contribution is 2.42. The molecule has 60 heavy (non-hydrogen) atoms. The number of carbonyl (C=O) groups is 2. The van der Waals surface area contributed by atoms with Gasteiger partial charge in [0.2, 0.25) is 0 Å². The number of hydrogen-bond acceptors (Lipinski definition) is 16. The van der Waals surface area contributed by atoms with Crippen molar-refractivity contribution in [2.24, 2.45) is 17.8 Å². The standard InChI is InChI=1S/C44H81N3O13/c1-17-32-44(10)37(59-41(50)60-44)29(6)47(15)24-25(2)22-42(8,51)36(58-40-34(48)31(46(13)14)21-26(3)54-40)27(4)35(28(5)39(49)56-32)57-33-23-43(9,52-16)38(30(7)55-33)53-20-18-19-45(11)12/h25-38,40,48,51H,17-24H2,1-16H3/t25-,26-,27+,28-,29-,30+,31+,32-,33+,34-,35+,36-,37-,38+,40+,42-,43-,44-/m1/s1. The van der Waals surface area contributed by atoms with Gasteiger partial charge in [0.05, 0.1) is 41.5 Å². The maximum atomic E-state index is 14.6. The normalized spacial score (nSPS) is 45.4. The Labute approximate surface area is 360 Å². The van der Waals surface area contributed by atoms with Gasteiger partial charge in [-0.3, -0.25) is 9.69 Å². The molecule has 4 aliphatic rings. The van der Waals surface area contributed by atoms with E-state index < -0.39 is 96.1 Å². The van der Waals surface area contributed by atoms with Gasteiger partial charge < -0.3 is 62.6 Å². The molecule has 0 amide bonds. The number of carbonyl (C=O) groups excluding carboxylic acids is 2. The number of esters is 1. The van der Waals surface area contributed by atoms with Crippen LogP contribution in [0.15, 0.2) is 0 Å². The molecule has 0 saturated carbocycles. The zero-order chi connectivity index (χ0) is 45.1. The van der Waals surface area contributed by atoms with E-state index in [0.717, 1.165) is 13.0 Å². The number of aliphatic hydroxyl groups excluding tert-OH is 1. The molecule has 0 bridgehead atoms. The van der Waals surface area contributed by atoms with E-state index in [1.165, 1.54) is 0 Å². The van der Waals surface area contributed by atoms with Crippen LogP contribution in [0, 0.1) is 17.8 Å². The van der Waals surface area contributed by atoms with Gasteiger partial charge in [0.25, 0.3) is 0 Å². The van der Waals surface area contributed by atoms with Crippen molar-refractivity contribution in [3.8, 4) is 0 Å². The monoisotopic (exact) mass is 860 g/mol. The highest BCUT2D eigenvalue weighted by molar-refractivity contribution is 5.73. The molecule has 0 radical (unpaired) electrons. The first-order chi connectivity index (χ1) is 27.9. The molecule has 4 fully saturated rings. The minimum atomic E-state index is -1.54. The number of likely N-dealkylation sites (N-methyl/N-ethyl adjacent to an activating group) is 2. The summed E-state index contributed by atoms with van der Waals surface area (Å²) in [4.78, 5) is 33.6. The molecule has 4 rings (SSSR count). The van der Waals surface area contributed by atoms with Crippen LogP contribution < -0.4 is 0 Å². The Hall–Kier alpha value is -1.70. The second kappa shape index (κ2) is 20.9. The zero-order valence-corrected chi connectivity index (χ0v) is 39.5. The molecular formula is C44H81N3O13.